The van der Waals surface area contributed by atoms with E-state index in [-0.39, 0.29) is 0 Å². The van der Waals surface area contributed by atoms with Crippen molar-refractivity contribution < 1.29 is 4.74 Å². The van der Waals surface area contributed by atoms with Crippen LogP contribution in [0.1, 0.15) is 5.56 Å². The molecule has 4 nitrogen and oxygen atoms in total. The molecule has 2 aromatic rings. The second-order valence-electron chi connectivity index (χ2n) is 5.39. The maximum absolute atomic E-state index is 5.39. The van der Waals surface area contributed by atoms with E-state index in [0.29, 0.717) is 0 Å². The van der Waals surface area contributed by atoms with Gasteiger partial charge in [-0.2, -0.15) is 0 Å². The Balaban J connectivity index is 1.68. The van der Waals surface area contributed by atoms with E-state index in [1.165, 1.54) is 16.5 Å². The van der Waals surface area contributed by atoms with E-state index in [2.05, 4.69) is 45.2 Å². The van der Waals surface area contributed by atoms with Crippen LogP contribution in [0.2, 0.25) is 0 Å². The second kappa shape index (κ2) is 6.39. The highest BCUT2D eigenvalue weighted by Gasteiger charge is 2.10. The van der Waals surface area contributed by atoms with Gasteiger partial charge in [0.15, 0.2) is 0 Å². The zero-order valence-electron chi connectivity index (χ0n) is 12.1. The highest BCUT2D eigenvalue weighted by molar-refractivity contribution is 5.80. The van der Waals surface area contributed by atoms with Crippen LogP contribution in [-0.4, -0.2) is 49.4 Å². The number of rotatable bonds is 5. The summed E-state index contributed by atoms with van der Waals surface area (Å²) >= 11 is 0. The molecular weight excluding hydrogens is 250 g/mol. The van der Waals surface area contributed by atoms with E-state index in [0.717, 1.165) is 45.9 Å². The van der Waals surface area contributed by atoms with Crippen LogP contribution >= 0.6 is 0 Å². The molecule has 1 aliphatic heterocycles. The molecule has 20 heavy (non-hydrogen) atoms. The van der Waals surface area contributed by atoms with Crippen molar-refractivity contribution in [3.8, 4) is 0 Å². The first-order chi connectivity index (χ1) is 9.86. The molecule has 1 fully saturated rings. The van der Waals surface area contributed by atoms with Gasteiger partial charge in [-0.15, -0.1) is 0 Å². The fraction of sp³-hybridized carbons (Fsp3) is 0.500. The third kappa shape index (κ3) is 3.03. The molecule has 1 aliphatic rings. The molecule has 0 bridgehead atoms. The zero-order chi connectivity index (χ0) is 13.8. The van der Waals surface area contributed by atoms with Crippen molar-refractivity contribution in [2.75, 3.05) is 39.9 Å². The Labute approximate surface area is 120 Å². The van der Waals surface area contributed by atoms with Crippen LogP contribution in [0.4, 0.5) is 0 Å². The third-order valence-corrected chi connectivity index (χ3v) is 3.98. The van der Waals surface area contributed by atoms with Gasteiger partial charge < -0.3 is 14.6 Å². The minimum atomic E-state index is 0.875. The number of nitrogens with one attached hydrogen (secondary N) is 1. The number of benzene rings is 1. The Morgan fingerprint density at radius 3 is 2.80 bits per heavy atom. The molecule has 1 aromatic carbocycles. The molecule has 0 unspecified atom stereocenters. The SMILES string of the molecule is CNCc1ccc2c(ccn2CCN2CCOCC2)c1. The van der Waals surface area contributed by atoms with Gasteiger partial charge in [0.2, 0.25) is 0 Å². The van der Waals surface area contributed by atoms with Crippen LogP contribution in [0.25, 0.3) is 10.9 Å². The number of fused-ring (bicyclic) bond motifs is 1. The first-order valence-corrected chi connectivity index (χ1v) is 7.39. The average Bonchev–Trinajstić information content (AvgIpc) is 2.89. The second-order valence-corrected chi connectivity index (χ2v) is 5.39. The molecule has 4 heteroatoms. The van der Waals surface area contributed by atoms with Crippen molar-refractivity contribution in [3.05, 3.63) is 36.0 Å². The largest absolute Gasteiger partial charge is 0.379 e. The minimum absolute atomic E-state index is 0.875. The van der Waals surface area contributed by atoms with Gasteiger partial charge in [-0.1, -0.05) is 6.07 Å². The normalized spacial score (nSPS) is 16.9. The Morgan fingerprint density at radius 2 is 2.00 bits per heavy atom. The van der Waals surface area contributed by atoms with Gasteiger partial charge in [0.1, 0.15) is 0 Å². The van der Waals surface area contributed by atoms with Crippen LogP contribution in [0.5, 0.6) is 0 Å². The van der Waals surface area contributed by atoms with Crippen molar-refractivity contribution in [1.82, 2.24) is 14.8 Å². The molecule has 0 radical (unpaired) electrons. The summed E-state index contributed by atoms with van der Waals surface area (Å²) in [6, 6.07) is 8.94. The van der Waals surface area contributed by atoms with Gasteiger partial charge in [0.25, 0.3) is 0 Å². The Hall–Kier alpha value is -1.36. The summed E-state index contributed by atoms with van der Waals surface area (Å²) in [5.41, 5.74) is 2.67. The maximum atomic E-state index is 5.39. The topological polar surface area (TPSA) is 29.4 Å². The summed E-state index contributed by atoms with van der Waals surface area (Å²) in [5, 5.41) is 4.53. The molecule has 0 spiro atoms. The van der Waals surface area contributed by atoms with E-state index in [1.54, 1.807) is 0 Å². The molecule has 2 heterocycles. The molecule has 0 aliphatic carbocycles. The quantitative estimate of drug-likeness (QED) is 0.899. The first kappa shape index (κ1) is 13.6. The van der Waals surface area contributed by atoms with Crippen molar-refractivity contribution in [2.45, 2.75) is 13.1 Å². The highest BCUT2D eigenvalue weighted by atomic mass is 16.5. The summed E-state index contributed by atoms with van der Waals surface area (Å²) in [5.74, 6) is 0. The van der Waals surface area contributed by atoms with Crippen LogP contribution in [-0.2, 0) is 17.8 Å². The fourth-order valence-electron chi connectivity index (χ4n) is 2.83. The molecule has 0 amide bonds. The first-order valence-electron chi connectivity index (χ1n) is 7.39. The Kier molecular flexibility index (Phi) is 4.35. The number of aromatic nitrogens is 1. The lowest BCUT2D eigenvalue weighted by Crippen LogP contribution is -2.38. The van der Waals surface area contributed by atoms with Gasteiger partial charge in [-0.3, -0.25) is 4.90 Å². The van der Waals surface area contributed by atoms with Crippen molar-refractivity contribution >= 4 is 10.9 Å². The predicted octanol–water partition coefficient (Wildman–Crippen LogP) is 1.69. The standard InChI is InChI=1S/C16H23N3O/c1-17-13-14-2-3-16-15(12-14)4-5-19(16)7-6-18-8-10-20-11-9-18/h2-5,12,17H,6-11,13H2,1H3. The fourth-order valence-corrected chi connectivity index (χ4v) is 2.83. The molecule has 1 saturated heterocycles. The van der Waals surface area contributed by atoms with Crippen molar-refractivity contribution in [1.29, 1.82) is 0 Å². The van der Waals surface area contributed by atoms with E-state index in [1.807, 2.05) is 7.05 Å². The number of morpholine rings is 1. The lowest BCUT2D eigenvalue weighted by Gasteiger charge is -2.26. The molecule has 0 saturated carbocycles. The number of hydrogen-bond donors (Lipinski definition) is 1. The number of nitrogens with zero attached hydrogens (tertiary/aromatic N) is 2. The Bertz CT molecular complexity index is 558. The lowest BCUT2D eigenvalue weighted by atomic mass is 10.1. The molecule has 108 valence electrons. The number of hydrogen-bond acceptors (Lipinski definition) is 3. The molecule has 1 N–H and O–H groups in total. The molecule has 1 aromatic heterocycles. The summed E-state index contributed by atoms with van der Waals surface area (Å²) in [6.45, 7) is 6.95. The summed E-state index contributed by atoms with van der Waals surface area (Å²) in [4.78, 5) is 2.48. The lowest BCUT2D eigenvalue weighted by molar-refractivity contribution is 0.0365. The highest BCUT2D eigenvalue weighted by Crippen LogP contribution is 2.18. The monoisotopic (exact) mass is 273 g/mol. The minimum Gasteiger partial charge on any atom is -0.379 e. The van der Waals surface area contributed by atoms with Crippen molar-refractivity contribution in [2.24, 2.45) is 0 Å². The van der Waals surface area contributed by atoms with Crippen molar-refractivity contribution in [3.63, 3.8) is 0 Å². The van der Waals surface area contributed by atoms with Gasteiger partial charge >= 0.3 is 0 Å². The van der Waals surface area contributed by atoms with Gasteiger partial charge in [-0.25, -0.2) is 0 Å². The van der Waals surface area contributed by atoms with Crippen LogP contribution in [0.15, 0.2) is 30.5 Å². The van der Waals surface area contributed by atoms with E-state index in [9.17, 15) is 0 Å². The summed E-state index contributed by atoms with van der Waals surface area (Å²) in [7, 11) is 1.98. The van der Waals surface area contributed by atoms with E-state index >= 15 is 0 Å². The average molecular weight is 273 g/mol. The molecule has 3 rings (SSSR count). The zero-order valence-corrected chi connectivity index (χ0v) is 12.1. The molecular formula is C16H23N3O. The van der Waals surface area contributed by atoms with Crippen LogP contribution in [0.3, 0.4) is 0 Å². The van der Waals surface area contributed by atoms with Gasteiger partial charge in [0, 0.05) is 44.4 Å². The van der Waals surface area contributed by atoms with Crippen LogP contribution in [0, 0.1) is 0 Å². The predicted molar refractivity (Wildman–Crippen MR) is 82.0 cm³/mol. The van der Waals surface area contributed by atoms with E-state index in [4.69, 9.17) is 4.74 Å². The van der Waals surface area contributed by atoms with Gasteiger partial charge in [0.05, 0.1) is 13.2 Å². The third-order valence-electron chi connectivity index (χ3n) is 3.98. The van der Waals surface area contributed by atoms with Crippen LogP contribution < -0.4 is 5.32 Å². The van der Waals surface area contributed by atoms with E-state index < -0.39 is 0 Å². The van der Waals surface area contributed by atoms with Gasteiger partial charge in [-0.05, 0) is 36.2 Å². The maximum Gasteiger partial charge on any atom is 0.0594 e. The summed E-state index contributed by atoms with van der Waals surface area (Å²) in [6.07, 6.45) is 2.20. The molecule has 0 atom stereocenters. The Morgan fingerprint density at radius 1 is 1.15 bits per heavy atom. The number of ether oxygens (including phenoxy) is 1. The summed E-state index contributed by atoms with van der Waals surface area (Å²) < 4.78 is 7.74. The smallest absolute Gasteiger partial charge is 0.0594 e.